The molecule has 0 atom stereocenters. The van der Waals surface area contributed by atoms with Gasteiger partial charge in [-0.1, -0.05) is 17.9 Å². The number of allylic oxidation sites excluding steroid dienone is 2. The highest BCUT2D eigenvalue weighted by molar-refractivity contribution is 7.90. The molecule has 2 aliphatic rings. The average Bonchev–Trinajstić information content (AvgIpc) is 3.04. The molecule has 0 saturated heterocycles. The monoisotopic (exact) mass is 483 g/mol. The number of rotatable bonds is 2. The summed E-state index contributed by atoms with van der Waals surface area (Å²) in [7, 11) is -3.31. The molecule has 0 saturated carbocycles. The normalized spacial score (nSPS) is 17.7. The minimum atomic E-state index is -3.31. The van der Waals surface area contributed by atoms with Crippen LogP contribution in [0.3, 0.4) is 0 Å². The van der Waals surface area contributed by atoms with E-state index in [1.807, 2.05) is 6.07 Å². The Morgan fingerprint density at radius 1 is 1.14 bits per heavy atom. The van der Waals surface area contributed by atoms with Crippen molar-refractivity contribution in [1.82, 2.24) is 0 Å². The Morgan fingerprint density at radius 2 is 1.89 bits per heavy atom. The molecule has 4 rings (SSSR count). The maximum atomic E-state index is 12.7. The Kier molecular flexibility index (Phi) is 5.83. The lowest BCUT2D eigenvalue weighted by molar-refractivity contribution is 0.0954. The molecule has 1 aromatic heterocycles. The number of benzene rings is 1. The highest BCUT2D eigenvalue weighted by Gasteiger charge is 2.38. The van der Waals surface area contributed by atoms with Crippen LogP contribution >= 0.6 is 0 Å². The lowest BCUT2D eigenvalue weighted by Gasteiger charge is -2.20. The van der Waals surface area contributed by atoms with Crippen LogP contribution in [0.1, 0.15) is 37.0 Å². The van der Waals surface area contributed by atoms with Crippen LogP contribution in [0.15, 0.2) is 56.0 Å². The van der Waals surface area contributed by atoms with Crippen molar-refractivity contribution < 1.29 is 17.6 Å². The van der Waals surface area contributed by atoms with E-state index in [1.165, 1.54) is 12.2 Å². The topological polar surface area (TPSA) is 145 Å². The van der Waals surface area contributed by atoms with E-state index < -0.39 is 21.1 Å². The van der Waals surface area contributed by atoms with E-state index in [1.54, 1.807) is 44.2 Å². The van der Waals surface area contributed by atoms with Gasteiger partial charge in [-0.25, -0.2) is 13.2 Å². The lowest BCUT2D eigenvalue weighted by Crippen LogP contribution is -2.20. The van der Waals surface area contributed by atoms with E-state index in [-0.39, 0.29) is 46.0 Å². The van der Waals surface area contributed by atoms with Gasteiger partial charge in [0.1, 0.15) is 35.0 Å². The third-order valence-electron chi connectivity index (χ3n) is 5.62. The number of nitriles is 3. The van der Waals surface area contributed by atoms with E-state index in [0.717, 1.165) is 0 Å². The number of nitrogens with zero attached hydrogens (tertiary/aromatic N) is 3. The summed E-state index contributed by atoms with van der Waals surface area (Å²) in [6.07, 6.45) is 3.21. The maximum Gasteiger partial charge on any atom is 0.343 e. The van der Waals surface area contributed by atoms with Crippen LogP contribution in [0, 0.1) is 45.8 Å². The second kappa shape index (κ2) is 8.65. The summed E-state index contributed by atoms with van der Waals surface area (Å²) in [6, 6.07) is 10.2. The van der Waals surface area contributed by atoms with Gasteiger partial charge in [0.05, 0.1) is 17.1 Å². The first kappa shape index (κ1) is 23.6. The Morgan fingerprint density at radius 3 is 2.57 bits per heavy atom. The van der Waals surface area contributed by atoms with Crippen LogP contribution < -0.4 is 5.63 Å². The molecule has 172 valence electrons. The molecule has 8 nitrogen and oxygen atoms in total. The molecule has 0 bridgehead atoms. The zero-order valence-electron chi connectivity index (χ0n) is 18.8. The number of fused-ring (bicyclic) bond motifs is 2. The van der Waals surface area contributed by atoms with E-state index in [2.05, 4.69) is 11.8 Å². The van der Waals surface area contributed by atoms with Crippen molar-refractivity contribution in [2.75, 3.05) is 5.75 Å². The first-order valence-electron chi connectivity index (χ1n) is 10.5. The molecule has 0 N–H and O–H groups in total. The van der Waals surface area contributed by atoms with E-state index in [4.69, 9.17) is 9.15 Å². The molecule has 3 heterocycles. The zero-order chi connectivity index (χ0) is 25.4. The van der Waals surface area contributed by atoms with E-state index in [9.17, 15) is 29.0 Å². The van der Waals surface area contributed by atoms with Crippen molar-refractivity contribution in [3.63, 3.8) is 0 Å². The fourth-order valence-corrected chi connectivity index (χ4v) is 5.18. The Bertz CT molecular complexity index is 1720. The standard InChI is InChI=1S/C26H17N3O5S/c1-26(2)22(21(14-29)24(34-26)20(12-27)13-28)7-6-17-9-18-10-19-15-35(31,32)8-4-3-5-16(19)11-23(18)33-25(17)30/h6-7,9-11H,4,8,15H2,1-2H3. The number of hydrogen-bond acceptors (Lipinski definition) is 8. The zero-order valence-corrected chi connectivity index (χ0v) is 19.6. The summed E-state index contributed by atoms with van der Waals surface area (Å²) in [4.78, 5) is 12.7. The van der Waals surface area contributed by atoms with Gasteiger partial charge in [-0.2, -0.15) is 15.8 Å². The summed E-state index contributed by atoms with van der Waals surface area (Å²) in [6.45, 7) is 3.34. The van der Waals surface area contributed by atoms with Crippen LogP contribution in [0.2, 0.25) is 0 Å². The summed E-state index contributed by atoms with van der Waals surface area (Å²) in [5, 5.41) is 28.6. The largest absolute Gasteiger partial charge is 0.480 e. The number of hydrogen-bond donors (Lipinski definition) is 0. The lowest BCUT2D eigenvalue weighted by atomic mass is 9.94. The van der Waals surface area contributed by atoms with Crippen LogP contribution in [-0.4, -0.2) is 19.8 Å². The SMILES string of the molecule is CC1(C)OC(=C(C#N)C#N)C(C#N)=C1C=Cc1cc2cc3c(cc2oc1=O)C#CCCS(=O)(=O)C3. The van der Waals surface area contributed by atoms with Crippen molar-refractivity contribution in [1.29, 1.82) is 15.8 Å². The predicted octanol–water partition coefficient (Wildman–Crippen LogP) is 3.41. The van der Waals surface area contributed by atoms with Crippen molar-refractivity contribution in [3.05, 3.63) is 73.9 Å². The minimum absolute atomic E-state index is 0.0146. The quantitative estimate of drug-likeness (QED) is 0.359. The molecule has 35 heavy (non-hydrogen) atoms. The molecule has 2 aliphatic heterocycles. The van der Waals surface area contributed by atoms with Gasteiger partial charge >= 0.3 is 5.63 Å². The van der Waals surface area contributed by atoms with Gasteiger partial charge < -0.3 is 9.15 Å². The van der Waals surface area contributed by atoms with Crippen molar-refractivity contribution in [3.8, 4) is 30.0 Å². The van der Waals surface area contributed by atoms with Gasteiger partial charge in [0.15, 0.2) is 21.2 Å². The maximum absolute atomic E-state index is 12.7. The summed E-state index contributed by atoms with van der Waals surface area (Å²) in [5.74, 6) is 5.50. The van der Waals surface area contributed by atoms with Crippen molar-refractivity contribution in [2.24, 2.45) is 0 Å². The second-order valence-corrected chi connectivity index (χ2v) is 10.6. The molecule has 0 aliphatic carbocycles. The molecule has 2 aromatic rings. The van der Waals surface area contributed by atoms with Crippen molar-refractivity contribution in [2.45, 2.75) is 31.6 Å². The van der Waals surface area contributed by atoms with Crippen LogP contribution in [0.4, 0.5) is 0 Å². The molecule has 0 spiro atoms. The first-order chi connectivity index (χ1) is 16.6. The molecular formula is C26H17N3O5S. The first-order valence-corrected chi connectivity index (χ1v) is 12.3. The third-order valence-corrected chi connectivity index (χ3v) is 7.19. The average molecular weight is 484 g/mol. The van der Waals surface area contributed by atoms with Crippen LogP contribution in [-0.2, 0) is 20.3 Å². The van der Waals surface area contributed by atoms with Gasteiger partial charge in [0, 0.05) is 22.9 Å². The fourth-order valence-electron chi connectivity index (χ4n) is 3.91. The Labute approximate surface area is 201 Å². The highest BCUT2D eigenvalue weighted by Crippen LogP contribution is 2.40. The third kappa shape index (κ3) is 4.46. The van der Waals surface area contributed by atoms with Crippen LogP contribution in [0.5, 0.6) is 0 Å². The summed E-state index contributed by atoms with van der Waals surface area (Å²) in [5.41, 5.74) is -0.102. The van der Waals surface area contributed by atoms with Gasteiger partial charge in [0.2, 0.25) is 0 Å². The molecule has 0 radical (unpaired) electrons. The summed E-state index contributed by atoms with van der Waals surface area (Å²) < 4.78 is 35.8. The fraction of sp³-hybridized carbons (Fsp3) is 0.231. The molecular weight excluding hydrogens is 466 g/mol. The summed E-state index contributed by atoms with van der Waals surface area (Å²) >= 11 is 0. The predicted molar refractivity (Wildman–Crippen MR) is 127 cm³/mol. The van der Waals surface area contributed by atoms with Gasteiger partial charge in [-0.15, -0.1) is 0 Å². The molecule has 0 amide bonds. The number of sulfone groups is 1. The number of ether oxygens (including phenoxy) is 1. The van der Waals surface area contributed by atoms with E-state index >= 15 is 0 Å². The highest BCUT2D eigenvalue weighted by atomic mass is 32.2. The molecule has 1 aromatic carbocycles. The molecule has 0 fully saturated rings. The van der Waals surface area contributed by atoms with E-state index in [0.29, 0.717) is 22.1 Å². The molecule has 9 heteroatoms. The second-order valence-electron chi connectivity index (χ2n) is 8.45. The molecule has 0 unspecified atom stereocenters. The van der Waals surface area contributed by atoms with Gasteiger partial charge in [0.25, 0.3) is 0 Å². The minimum Gasteiger partial charge on any atom is -0.480 e. The van der Waals surface area contributed by atoms with Crippen molar-refractivity contribution >= 4 is 26.9 Å². The van der Waals surface area contributed by atoms with Gasteiger partial charge in [-0.3, -0.25) is 0 Å². The Hall–Kier alpha value is -4.57. The Balaban J connectivity index is 1.84. The van der Waals surface area contributed by atoms with Gasteiger partial charge in [-0.05, 0) is 43.7 Å². The smallest absolute Gasteiger partial charge is 0.343 e. The van der Waals surface area contributed by atoms with Crippen LogP contribution in [0.25, 0.3) is 17.0 Å².